The number of hydrogen-bond donors (Lipinski definition) is 0. The Kier molecular flexibility index (Phi) is 14.7. The molecule has 26 heavy (non-hydrogen) atoms. The number of hydrogen-bond acceptors (Lipinski definition) is 0. The molecule has 0 spiro atoms. The highest BCUT2D eigenvalue weighted by Crippen LogP contribution is 2.13. The van der Waals surface area contributed by atoms with Crippen LogP contribution in [0.5, 0.6) is 0 Å². The van der Waals surface area contributed by atoms with Gasteiger partial charge in [-0.25, -0.2) is 9.13 Å². The molecule has 1 heterocycles. The van der Waals surface area contributed by atoms with Gasteiger partial charge in [0.1, 0.15) is 12.4 Å². The normalized spacial score (nSPS) is 11.3. The van der Waals surface area contributed by atoms with E-state index in [2.05, 4.69) is 42.4 Å². The van der Waals surface area contributed by atoms with Crippen molar-refractivity contribution >= 4 is 0 Å². The summed E-state index contributed by atoms with van der Waals surface area (Å²) in [6.07, 6.45) is 28.5. The Balaban J connectivity index is 1.86. The molecule has 0 bridgehead atoms. The first kappa shape index (κ1) is 23.2. The lowest BCUT2D eigenvalue weighted by atomic mass is 10.0. The van der Waals surface area contributed by atoms with E-state index in [1.807, 2.05) is 0 Å². The Bertz CT molecular complexity index is 422. The van der Waals surface area contributed by atoms with E-state index in [0.29, 0.717) is 0 Å². The quantitative estimate of drug-likeness (QED) is 0.194. The van der Waals surface area contributed by atoms with Crippen LogP contribution in [0.25, 0.3) is 0 Å². The van der Waals surface area contributed by atoms with Crippen molar-refractivity contribution in [1.82, 2.24) is 4.57 Å². The van der Waals surface area contributed by atoms with E-state index < -0.39 is 0 Å². The smallest absolute Gasteiger partial charge is 0.237 e. The Morgan fingerprint density at radius 1 is 0.654 bits per heavy atom. The van der Waals surface area contributed by atoms with Crippen LogP contribution in [-0.2, 0) is 20.0 Å². The average molecular weight is 364 g/mol. The van der Waals surface area contributed by atoms with E-state index >= 15 is 0 Å². The third-order valence-corrected chi connectivity index (χ3v) is 5.68. The van der Waals surface area contributed by atoms with Crippen molar-refractivity contribution < 1.29 is 4.57 Å². The van der Waals surface area contributed by atoms with Gasteiger partial charge in [-0.15, -0.1) is 0 Å². The molecular weight excluding hydrogens is 316 g/mol. The molecule has 0 fully saturated rings. The molecule has 1 rings (SSSR count). The zero-order chi connectivity index (χ0) is 18.9. The summed E-state index contributed by atoms with van der Waals surface area (Å²) >= 11 is 0. The summed E-state index contributed by atoms with van der Waals surface area (Å²) in [4.78, 5) is 0. The highest BCUT2D eigenvalue weighted by atomic mass is 15.1. The fraction of sp³-hybridized carbons (Fsp3) is 0.875. The van der Waals surface area contributed by atoms with E-state index in [1.165, 1.54) is 115 Å². The van der Waals surface area contributed by atoms with Gasteiger partial charge in [0, 0.05) is 6.42 Å². The van der Waals surface area contributed by atoms with Crippen LogP contribution < -0.4 is 4.57 Å². The van der Waals surface area contributed by atoms with Gasteiger partial charge in [-0.3, -0.25) is 0 Å². The van der Waals surface area contributed by atoms with Crippen LogP contribution in [0, 0.1) is 0 Å². The molecule has 0 atom stereocenters. The summed E-state index contributed by atoms with van der Waals surface area (Å²) in [5, 5.41) is 0. The summed E-state index contributed by atoms with van der Waals surface area (Å²) in [5.74, 6) is 1.50. The molecular formula is C24H47N2+. The SMILES string of the molecule is CCCCCCCCCCCCCCCCCc1n(C)cc[n+]1CCC. The maximum atomic E-state index is 2.43. The predicted octanol–water partition coefficient (Wildman–Crippen LogP) is 7.14. The van der Waals surface area contributed by atoms with E-state index in [-0.39, 0.29) is 0 Å². The van der Waals surface area contributed by atoms with Gasteiger partial charge in [0.15, 0.2) is 0 Å². The molecule has 2 nitrogen and oxygen atoms in total. The average Bonchev–Trinajstić information content (AvgIpc) is 2.98. The maximum Gasteiger partial charge on any atom is 0.256 e. The number of imidazole rings is 1. The number of aryl methyl sites for hydroxylation is 2. The van der Waals surface area contributed by atoms with Crippen molar-refractivity contribution in [3.05, 3.63) is 18.2 Å². The van der Waals surface area contributed by atoms with Gasteiger partial charge in [0.05, 0.1) is 13.6 Å². The molecule has 0 aromatic carbocycles. The Hall–Kier alpha value is -0.790. The fourth-order valence-corrected chi connectivity index (χ4v) is 3.97. The fourth-order valence-electron chi connectivity index (χ4n) is 3.97. The van der Waals surface area contributed by atoms with Crippen LogP contribution in [-0.4, -0.2) is 4.57 Å². The van der Waals surface area contributed by atoms with Gasteiger partial charge in [-0.1, -0.05) is 104 Å². The minimum absolute atomic E-state index is 1.16. The molecule has 0 saturated carbocycles. The van der Waals surface area contributed by atoms with Gasteiger partial charge in [0.25, 0.3) is 5.82 Å². The van der Waals surface area contributed by atoms with Crippen LogP contribution in [0.3, 0.4) is 0 Å². The summed E-state index contributed by atoms with van der Waals surface area (Å²) in [6, 6.07) is 0. The molecule has 0 aliphatic heterocycles. The molecule has 1 aromatic rings. The van der Waals surface area contributed by atoms with Gasteiger partial charge < -0.3 is 0 Å². The second kappa shape index (κ2) is 16.4. The molecule has 2 heteroatoms. The Morgan fingerprint density at radius 3 is 1.58 bits per heavy atom. The zero-order valence-electron chi connectivity index (χ0n) is 18.3. The highest BCUT2D eigenvalue weighted by molar-refractivity contribution is 4.82. The minimum atomic E-state index is 1.16. The zero-order valence-corrected chi connectivity index (χ0v) is 18.3. The van der Waals surface area contributed by atoms with Crippen molar-refractivity contribution in [3.63, 3.8) is 0 Å². The first-order valence-electron chi connectivity index (χ1n) is 11.8. The van der Waals surface area contributed by atoms with Crippen LogP contribution >= 0.6 is 0 Å². The lowest BCUT2D eigenvalue weighted by Crippen LogP contribution is -2.36. The number of nitrogens with zero attached hydrogens (tertiary/aromatic N) is 2. The Labute approximate surface area is 164 Å². The summed E-state index contributed by atoms with van der Waals surface area (Å²) in [5.41, 5.74) is 0. The third kappa shape index (κ3) is 11.0. The summed E-state index contributed by atoms with van der Waals surface area (Å²) < 4.78 is 4.74. The standard InChI is InChI=1S/C24H47N2/c1-4-6-7-8-9-10-11-12-13-14-15-16-17-18-19-20-24-25(3)22-23-26(24)21-5-2/h22-23H,4-21H2,1-3H3/q+1. The highest BCUT2D eigenvalue weighted by Gasteiger charge is 2.12. The van der Waals surface area contributed by atoms with Crippen molar-refractivity contribution in [1.29, 1.82) is 0 Å². The van der Waals surface area contributed by atoms with Crippen molar-refractivity contribution in [2.24, 2.45) is 7.05 Å². The van der Waals surface area contributed by atoms with Crippen LogP contribution in [0.1, 0.15) is 122 Å². The first-order valence-corrected chi connectivity index (χ1v) is 11.8. The maximum absolute atomic E-state index is 2.43. The molecule has 1 aromatic heterocycles. The molecule has 0 aliphatic rings. The van der Waals surface area contributed by atoms with Crippen molar-refractivity contribution in [3.8, 4) is 0 Å². The third-order valence-electron chi connectivity index (χ3n) is 5.68. The second-order valence-corrected chi connectivity index (χ2v) is 8.22. The molecule has 0 aliphatic carbocycles. The second-order valence-electron chi connectivity index (χ2n) is 8.22. The summed E-state index contributed by atoms with van der Waals surface area (Å²) in [7, 11) is 2.19. The van der Waals surface area contributed by atoms with Crippen LogP contribution in [0.2, 0.25) is 0 Å². The lowest BCUT2D eigenvalue weighted by molar-refractivity contribution is -0.703. The van der Waals surface area contributed by atoms with Gasteiger partial charge in [0.2, 0.25) is 0 Å². The van der Waals surface area contributed by atoms with Gasteiger partial charge >= 0.3 is 0 Å². The Morgan fingerprint density at radius 2 is 1.12 bits per heavy atom. The van der Waals surface area contributed by atoms with Crippen molar-refractivity contribution in [2.75, 3.05) is 0 Å². The molecule has 0 saturated heterocycles. The predicted molar refractivity (Wildman–Crippen MR) is 115 cm³/mol. The van der Waals surface area contributed by atoms with E-state index in [0.717, 1.165) is 6.54 Å². The number of unbranched alkanes of at least 4 members (excludes halogenated alkanes) is 14. The number of aromatic nitrogens is 2. The molecule has 0 radical (unpaired) electrons. The topological polar surface area (TPSA) is 8.81 Å². The van der Waals surface area contributed by atoms with E-state index in [4.69, 9.17) is 0 Å². The summed E-state index contributed by atoms with van der Waals surface area (Å²) in [6.45, 7) is 5.72. The van der Waals surface area contributed by atoms with Crippen LogP contribution in [0.15, 0.2) is 12.4 Å². The molecule has 0 N–H and O–H groups in total. The van der Waals surface area contributed by atoms with E-state index in [9.17, 15) is 0 Å². The van der Waals surface area contributed by atoms with Gasteiger partial charge in [-0.05, 0) is 12.8 Å². The van der Waals surface area contributed by atoms with E-state index in [1.54, 1.807) is 0 Å². The first-order chi connectivity index (χ1) is 12.8. The molecule has 0 unspecified atom stereocenters. The molecule has 152 valence electrons. The minimum Gasteiger partial charge on any atom is -0.237 e. The number of rotatable bonds is 18. The lowest BCUT2D eigenvalue weighted by Gasteiger charge is -2.04. The molecule has 0 amide bonds. The van der Waals surface area contributed by atoms with Crippen molar-refractivity contribution in [2.45, 2.75) is 130 Å². The van der Waals surface area contributed by atoms with Gasteiger partial charge in [-0.2, -0.15) is 0 Å². The largest absolute Gasteiger partial charge is 0.256 e. The monoisotopic (exact) mass is 363 g/mol. The van der Waals surface area contributed by atoms with Crippen LogP contribution in [0.4, 0.5) is 0 Å².